The smallest absolute Gasteiger partial charge is 0.226 e. The SMILES string of the molecule is Cn1cccc1C1CCCCCN1C(=O)C1CC2CC2C1. The second-order valence-electron chi connectivity index (χ2n) is 7.36. The van der Waals surface area contributed by atoms with Crippen molar-refractivity contribution >= 4 is 5.91 Å². The van der Waals surface area contributed by atoms with E-state index in [1.54, 1.807) is 0 Å². The van der Waals surface area contributed by atoms with Crippen LogP contribution in [0.5, 0.6) is 0 Å². The highest BCUT2D eigenvalue weighted by molar-refractivity contribution is 5.80. The second-order valence-corrected chi connectivity index (χ2v) is 7.36. The van der Waals surface area contributed by atoms with Crippen molar-refractivity contribution in [2.45, 2.75) is 51.0 Å². The lowest BCUT2D eigenvalue weighted by molar-refractivity contribution is -0.138. The molecule has 2 heterocycles. The van der Waals surface area contributed by atoms with Crippen LogP contribution in [-0.4, -0.2) is 21.9 Å². The maximum Gasteiger partial charge on any atom is 0.226 e. The van der Waals surface area contributed by atoms with Crippen LogP contribution in [0.3, 0.4) is 0 Å². The van der Waals surface area contributed by atoms with Gasteiger partial charge in [0.15, 0.2) is 0 Å². The summed E-state index contributed by atoms with van der Waals surface area (Å²) in [7, 11) is 2.10. The van der Waals surface area contributed by atoms with Crippen molar-refractivity contribution in [2.24, 2.45) is 24.8 Å². The molecule has 0 radical (unpaired) electrons. The standard InChI is InChI=1S/C18H26N2O/c1-19-8-5-7-16(19)17-6-3-2-4-9-20(17)18(21)15-11-13-10-14(13)12-15/h5,7-8,13-15,17H,2-4,6,9-12H2,1H3. The molecule has 2 saturated carbocycles. The molecule has 0 N–H and O–H groups in total. The number of amides is 1. The third-order valence-electron chi connectivity index (χ3n) is 5.95. The number of likely N-dealkylation sites (tertiary alicyclic amines) is 1. The first-order chi connectivity index (χ1) is 10.2. The zero-order valence-electron chi connectivity index (χ0n) is 13.0. The summed E-state index contributed by atoms with van der Waals surface area (Å²) in [5, 5.41) is 0. The van der Waals surface area contributed by atoms with Crippen LogP contribution in [0.1, 0.15) is 56.7 Å². The molecule has 2 aliphatic carbocycles. The molecule has 4 rings (SSSR count). The number of fused-ring (bicyclic) bond motifs is 1. The van der Waals surface area contributed by atoms with Crippen LogP contribution in [0.2, 0.25) is 0 Å². The maximum atomic E-state index is 13.1. The largest absolute Gasteiger partial charge is 0.353 e. The van der Waals surface area contributed by atoms with Gasteiger partial charge in [-0.05, 0) is 56.1 Å². The summed E-state index contributed by atoms with van der Waals surface area (Å²) in [4.78, 5) is 15.3. The molecule has 1 saturated heterocycles. The molecule has 0 spiro atoms. The highest BCUT2D eigenvalue weighted by Gasteiger charge is 2.49. The monoisotopic (exact) mass is 286 g/mol. The molecule has 0 bridgehead atoms. The quantitative estimate of drug-likeness (QED) is 0.816. The highest BCUT2D eigenvalue weighted by atomic mass is 16.2. The Balaban J connectivity index is 1.57. The molecule has 3 unspecified atom stereocenters. The molecular formula is C18H26N2O. The third-order valence-corrected chi connectivity index (χ3v) is 5.95. The average Bonchev–Trinajstić information content (AvgIpc) is 2.99. The van der Waals surface area contributed by atoms with E-state index in [1.807, 2.05) is 0 Å². The summed E-state index contributed by atoms with van der Waals surface area (Å²) in [6.45, 7) is 0.959. The van der Waals surface area contributed by atoms with E-state index in [2.05, 4.69) is 34.8 Å². The van der Waals surface area contributed by atoms with Crippen molar-refractivity contribution in [3.05, 3.63) is 24.0 Å². The van der Waals surface area contributed by atoms with Gasteiger partial charge in [-0.1, -0.05) is 12.8 Å². The number of carbonyl (C=O) groups is 1. The minimum absolute atomic E-state index is 0.303. The molecule has 3 atom stereocenters. The summed E-state index contributed by atoms with van der Waals surface area (Å²) in [5.41, 5.74) is 1.31. The van der Waals surface area contributed by atoms with Gasteiger partial charge in [-0.3, -0.25) is 4.79 Å². The van der Waals surface area contributed by atoms with E-state index in [1.165, 1.54) is 44.2 Å². The van der Waals surface area contributed by atoms with E-state index in [0.717, 1.165) is 24.8 Å². The van der Waals surface area contributed by atoms with Gasteiger partial charge in [0.2, 0.25) is 5.91 Å². The zero-order valence-corrected chi connectivity index (χ0v) is 13.0. The Bertz CT molecular complexity index is 525. The first-order valence-electron chi connectivity index (χ1n) is 8.65. The fourth-order valence-corrected chi connectivity index (χ4v) is 4.65. The Hall–Kier alpha value is -1.25. The zero-order chi connectivity index (χ0) is 14.4. The van der Waals surface area contributed by atoms with Crippen LogP contribution in [0.25, 0.3) is 0 Å². The number of aromatic nitrogens is 1. The summed E-state index contributed by atoms with van der Waals surface area (Å²) in [5.74, 6) is 2.56. The molecule has 0 aromatic carbocycles. The van der Waals surface area contributed by atoms with E-state index in [4.69, 9.17) is 0 Å². The molecule has 3 nitrogen and oxygen atoms in total. The van der Waals surface area contributed by atoms with Crippen molar-refractivity contribution in [3.63, 3.8) is 0 Å². The topological polar surface area (TPSA) is 25.2 Å². The number of rotatable bonds is 2. The second kappa shape index (κ2) is 5.19. The van der Waals surface area contributed by atoms with Gasteiger partial charge in [0, 0.05) is 31.4 Å². The average molecular weight is 286 g/mol. The minimum atomic E-state index is 0.303. The van der Waals surface area contributed by atoms with Gasteiger partial charge < -0.3 is 9.47 Å². The fraction of sp³-hybridized carbons (Fsp3) is 0.722. The first kappa shape index (κ1) is 13.4. The lowest BCUT2D eigenvalue weighted by Crippen LogP contribution is -2.39. The van der Waals surface area contributed by atoms with Crippen LogP contribution in [-0.2, 0) is 11.8 Å². The van der Waals surface area contributed by atoms with Crippen LogP contribution in [0, 0.1) is 17.8 Å². The minimum Gasteiger partial charge on any atom is -0.353 e. The van der Waals surface area contributed by atoms with Gasteiger partial charge in [0.1, 0.15) is 0 Å². The van der Waals surface area contributed by atoms with Crippen LogP contribution in [0.4, 0.5) is 0 Å². The predicted molar refractivity (Wildman–Crippen MR) is 82.7 cm³/mol. The van der Waals surface area contributed by atoms with E-state index >= 15 is 0 Å². The van der Waals surface area contributed by atoms with Crippen molar-refractivity contribution in [1.29, 1.82) is 0 Å². The molecule has 114 valence electrons. The van der Waals surface area contributed by atoms with Crippen molar-refractivity contribution in [2.75, 3.05) is 6.54 Å². The maximum absolute atomic E-state index is 13.1. The van der Waals surface area contributed by atoms with Gasteiger partial charge in [-0.2, -0.15) is 0 Å². The Kier molecular flexibility index (Phi) is 3.31. The highest BCUT2D eigenvalue weighted by Crippen LogP contribution is 2.55. The van der Waals surface area contributed by atoms with Gasteiger partial charge in [0.25, 0.3) is 0 Å². The van der Waals surface area contributed by atoms with Gasteiger partial charge in [-0.25, -0.2) is 0 Å². The molecule has 1 aromatic rings. The summed E-state index contributed by atoms with van der Waals surface area (Å²) >= 11 is 0. The lowest BCUT2D eigenvalue weighted by atomic mass is 9.99. The molecule has 21 heavy (non-hydrogen) atoms. The number of hydrogen-bond donors (Lipinski definition) is 0. The van der Waals surface area contributed by atoms with E-state index < -0.39 is 0 Å². The van der Waals surface area contributed by atoms with Crippen molar-refractivity contribution < 1.29 is 4.79 Å². The summed E-state index contributed by atoms with van der Waals surface area (Å²) in [6, 6.07) is 4.60. The third kappa shape index (κ3) is 2.41. The van der Waals surface area contributed by atoms with Crippen molar-refractivity contribution in [3.8, 4) is 0 Å². The summed E-state index contributed by atoms with van der Waals surface area (Å²) in [6.07, 6.45) is 10.6. The number of nitrogens with zero attached hydrogens (tertiary/aromatic N) is 2. The normalized spacial score (nSPS) is 35.4. The number of aryl methyl sites for hydroxylation is 1. The Morgan fingerprint density at radius 3 is 2.67 bits per heavy atom. The summed E-state index contributed by atoms with van der Waals surface area (Å²) < 4.78 is 2.20. The molecule has 3 aliphatic rings. The van der Waals surface area contributed by atoms with Crippen LogP contribution in [0.15, 0.2) is 18.3 Å². The molecule has 1 aliphatic heterocycles. The van der Waals surface area contributed by atoms with Crippen LogP contribution >= 0.6 is 0 Å². The fourth-order valence-electron chi connectivity index (χ4n) is 4.65. The van der Waals surface area contributed by atoms with E-state index in [-0.39, 0.29) is 0 Å². The molecule has 3 heteroatoms. The Morgan fingerprint density at radius 1 is 1.14 bits per heavy atom. The van der Waals surface area contributed by atoms with E-state index in [0.29, 0.717) is 17.9 Å². The molecule has 1 aromatic heterocycles. The first-order valence-corrected chi connectivity index (χ1v) is 8.65. The molecule has 3 fully saturated rings. The Labute approximate surface area is 127 Å². The Morgan fingerprint density at radius 2 is 1.95 bits per heavy atom. The van der Waals surface area contributed by atoms with Gasteiger partial charge in [0.05, 0.1) is 6.04 Å². The predicted octanol–water partition coefficient (Wildman–Crippen LogP) is 3.51. The van der Waals surface area contributed by atoms with Crippen molar-refractivity contribution in [1.82, 2.24) is 9.47 Å². The number of carbonyl (C=O) groups excluding carboxylic acids is 1. The van der Waals surface area contributed by atoms with Gasteiger partial charge in [-0.15, -0.1) is 0 Å². The lowest BCUT2D eigenvalue weighted by Gasteiger charge is -2.33. The number of hydrogen-bond acceptors (Lipinski definition) is 1. The van der Waals surface area contributed by atoms with Crippen LogP contribution < -0.4 is 0 Å². The van der Waals surface area contributed by atoms with E-state index in [9.17, 15) is 4.79 Å². The molecule has 1 amide bonds. The van der Waals surface area contributed by atoms with Gasteiger partial charge >= 0.3 is 0 Å². The molecular weight excluding hydrogens is 260 g/mol.